The quantitative estimate of drug-likeness (QED) is 0.479. The Morgan fingerprint density at radius 1 is 1.45 bits per heavy atom. The van der Waals surface area contributed by atoms with Gasteiger partial charge in [-0.2, -0.15) is 5.26 Å². The predicted molar refractivity (Wildman–Crippen MR) is 127 cm³/mol. The van der Waals surface area contributed by atoms with Gasteiger partial charge in [0.05, 0.1) is 17.6 Å². The molecule has 160 valence electrons. The number of rotatable bonds is 5. The highest BCUT2D eigenvalue weighted by Crippen LogP contribution is 2.51. The smallest absolute Gasteiger partial charge is 0.219 e. The molecule has 1 atom stereocenters. The van der Waals surface area contributed by atoms with E-state index in [1.54, 1.807) is 28.0 Å². The van der Waals surface area contributed by atoms with Crippen LogP contribution in [0.25, 0.3) is 0 Å². The van der Waals surface area contributed by atoms with Crippen LogP contribution in [0.3, 0.4) is 0 Å². The summed E-state index contributed by atoms with van der Waals surface area (Å²) in [6.07, 6.45) is 2.92. The van der Waals surface area contributed by atoms with E-state index in [1.165, 1.54) is 11.3 Å². The van der Waals surface area contributed by atoms with Gasteiger partial charge in [0, 0.05) is 28.3 Å². The van der Waals surface area contributed by atoms with Gasteiger partial charge in [-0.25, -0.2) is 0 Å². The summed E-state index contributed by atoms with van der Waals surface area (Å²) >= 11 is 4.51. The molecule has 0 fully saturated rings. The first kappa shape index (κ1) is 21.8. The number of anilines is 1. The number of hydrogen-bond acceptors (Lipinski definition) is 9. The molecule has 1 unspecified atom stereocenters. The van der Waals surface area contributed by atoms with Gasteiger partial charge in [0.25, 0.3) is 0 Å². The SMILES string of the molecule is C=CCSc1nnc(N2C(N)=C(C#N)C(c3sccc3C)C3=C2CC(C)(C)CC3=O)s1. The number of nitriles is 1. The number of nitrogens with two attached hydrogens (primary N) is 1. The van der Waals surface area contributed by atoms with Crippen molar-refractivity contribution in [2.75, 3.05) is 10.7 Å². The monoisotopic (exact) mass is 469 g/mol. The van der Waals surface area contributed by atoms with Crippen LogP contribution in [0.1, 0.15) is 43.0 Å². The first-order valence-corrected chi connectivity index (χ1v) is 12.5. The van der Waals surface area contributed by atoms with E-state index >= 15 is 0 Å². The fraction of sp³-hybridized carbons (Fsp3) is 0.364. The number of aryl methyl sites for hydroxylation is 1. The van der Waals surface area contributed by atoms with Crippen LogP contribution in [-0.2, 0) is 4.79 Å². The largest absolute Gasteiger partial charge is 0.384 e. The Morgan fingerprint density at radius 3 is 2.87 bits per heavy atom. The van der Waals surface area contributed by atoms with E-state index in [9.17, 15) is 10.1 Å². The van der Waals surface area contributed by atoms with Crippen LogP contribution in [0, 0.1) is 23.7 Å². The zero-order valence-electron chi connectivity index (χ0n) is 17.6. The number of Topliss-reactive ketones (excluding diaryl/α,β-unsaturated/α-hetero) is 1. The van der Waals surface area contributed by atoms with Gasteiger partial charge in [-0.3, -0.25) is 9.69 Å². The molecule has 2 aliphatic rings. The molecule has 4 rings (SSSR count). The summed E-state index contributed by atoms with van der Waals surface area (Å²) in [5.41, 5.74) is 9.38. The van der Waals surface area contributed by atoms with E-state index in [2.05, 4.69) is 36.7 Å². The molecular weight excluding hydrogens is 446 g/mol. The van der Waals surface area contributed by atoms with Crippen LogP contribution in [0.15, 0.2) is 51.1 Å². The Labute approximate surface area is 194 Å². The third-order valence-corrected chi connectivity index (χ3v) is 8.58. The van der Waals surface area contributed by atoms with E-state index in [4.69, 9.17) is 5.73 Å². The highest BCUT2D eigenvalue weighted by Gasteiger charge is 2.46. The number of ketones is 1. The lowest BCUT2D eigenvalue weighted by Crippen LogP contribution is -2.42. The van der Waals surface area contributed by atoms with Crippen molar-refractivity contribution in [1.82, 2.24) is 10.2 Å². The lowest BCUT2D eigenvalue weighted by Gasteiger charge is -2.42. The number of thioether (sulfide) groups is 1. The molecule has 31 heavy (non-hydrogen) atoms. The molecule has 2 N–H and O–H groups in total. The molecule has 0 bridgehead atoms. The van der Waals surface area contributed by atoms with Crippen LogP contribution in [0.5, 0.6) is 0 Å². The Morgan fingerprint density at radius 2 is 2.23 bits per heavy atom. The number of hydrogen-bond donors (Lipinski definition) is 1. The molecule has 0 amide bonds. The minimum absolute atomic E-state index is 0.0695. The number of carbonyl (C=O) groups is 1. The van der Waals surface area contributed by atoms with E-state index in [0.29, 0.717) is 34.9 Å². The number of thiophene rings is 1. The molecule has 2 aromatic rings. The van der Waals surface area contributed by atoms with Crippen LogP contribution < -0.4 is 10.6 Å². The number of allylic oxidation sites excluding steroid dienone is 3. The average Bonchev–Trinajstić information content (AvgIpc) is 3.33. The summed E-state index contributed by atoms with van der Waals surface area (Å²) < 4.78 is 0.793. The van der Waals surface area contributed by atoms with Gasteiger partial charge in [-0.15, -0.1) is 28.1 Å². The highest BCUT2D eigenvalue weighted by molar-refractivity contribution is 8.01. The Hall–Kier alpha value is -2.41. The lowest BCUT2D eigenvalue weighted by atomic mass is 9.69. The van der Waals surface area contributed by atoms with Gasteiger partial charge < -0.3 is 5.73 Å². The standard InChI is InChI=1S/C22H23N5OS3/c1-5-7-30-21-26-25-20(31-21)27-14-9-22(3,4)10-15(28)17(14)16(13(11-23)19(27)24)18-12(2)6-8-29-18/h5-6,8,16H,1,7,9-10,24H2,2-4H3. The number of aromatic nitrogens is 2. The fourth-order valence-electron chi connectivity index (χ4n) is 4.15. The van der Waals surface area contributed by atoms with Crippen molar-refractivity contribution in [3.05, 3.63) is 57.2 Å². The first-order valence-electron chi connectivity index (χ1n) is 9.84. The molecular formula is C22H23N5OS3. The van der Waals surface area contributed by atoms with E-state index in [1.807, 2.05) is 24.4 Å². The molecule has 1 aliphatic carbocycles. The van der Waals surface area contributed by atoms with Gasteiger partial charge >= 0.3 is 0 Å². The van der Waals surface area contributed by atoms with Crippen LogP contribution in [-0.4, -0.2) is 21.7 Å². The minimum Gasteiger partial charge on any atom is -0.384 e. The van der Waals surface area contributed by atoms with Gasteiger partial charge in [0.15, 0.2) is 10.1 Å². The maximum absolute atomic E-state index is 13.5. The number of nitrogens with zero attached hydrogens (tertiary/aromatic N) is 4. The second-order valence-corrected chi connectivity index (χ2v) is 11.6. The Bertz CT molecular complexity index is 1160. The molecule has 0 radical (unpaired) electrons. The van der Waals surface area contributed by atoms with Crippen molar-refractivity contribution in [2.45, 2.75) is 43.9 Å². The molecule has 6 nitrogen and oxygen atoms in total. The molecule has 3 heterocycles. The van der Waals surface area contributed by atoms with Crippen LogP contribution in [0.2, 0.25) is 0 Å². The molecule has 2 aromatic heterocycles. The first-order chi connectivity index (χ1) is 14.8. The summed E-state index contributed by atoms with van der Waals surface area (Å²) in [6.45, 7) is 9.92. The summed E-state index contributed by atoms with van der Waals surface area (Å²) in [7, 11) is 0. The summed E-state index contributed by atoms with van der Waals surface area (Å²) in [5.74, 6) is 0.700. The maximum atomic E-state index is 13.5. The zero-order valence-corrected chi connectivity index (χ0v) is 20.1. The predicted octanol–water partition coefficient (Wildman–Crippen LogP) is 5.13. The molecule has 9 heteroatoms. The van der Waals surface area contributed by atoms with E-state index in [0.717, 1.165) is 26.2 Å². The summed E-state index contributed by atoms with van der Waals surface area (Å²) in [4.78, 5) is 16.2. The minimum atomic E-state index is -0.428. The average molecular weight is 470 g/mol. The Balaban J connectivity index is 1.92. The molecule has 0 spiro atoms. The summed E-state index contributed by atoms with van der Waals surface area (Å²) in [5, 5.41) is 21.3. The van der Waals surface area contributed by atoms with Crippen molar-refractivity contribution >= 4 is 45.4 Å². The van der Waals surface area contributed by atoms with Gasteiger partial charge in [0.2, 0.25) is 5.13 Å². The number of carbonyl (C=O) groups excluding carboxylic acids is 1. The van der Waals surface area contributed by atoms with Crippen LogP contribution in [0.4, 0.5) is 5.13 Å². The highest BCUT2D eigenvalue weighted by atomic mass is 32.2. The molecule has 0 saturated heterocycles. The van der Waals surface area contributed by atoms with Crippen molar-refractivity contribution in [1.29, 1.82) is 5.26 Å². The second-order valence-electron chi connectivity index (χ2n) is 8.40. The lowest BCUT2D eigenvalue weighted by molar-refractivity contribution is -0.118. The molecule has 0 saturated carbocycles. The summed E-state index contributed by atoms with van der Waals surface area (Å²) in [6, 6.07) is 4.32. The van der Waals surface area contributed by atoms with Gasteiger partial charge in [-0.1, -0.05) is 43.0 Å². The van der Waals surface area contributed by atoms with Crippen molar-refractivity contribution in [2.24, 2.45) is 11.1 Å². The third-order valence-electron chi connectivity index (χ3n) is 5.46. The molecule has 0 aromatic carbocycles. The van der Waals surface area contributed by atoms with E-state index in [-0.39, 0.29) is 11.2 Å². The van der Waals surface area contributed by atoms with E-state index < -0.39 is 5.92 Å². The van der Waals surface area contributed by atoms with Gasteiger partial charge in [-0.05, 0) is 35.8 Å². The van der Waals surface area contributed by atoms with Crippen LogP contribution >= 0.6 is 34.4 Å². The van der Waals surface area contributed by atoms with Crippen molar-refractivity contribution in [3.8, 4) is 6.07 Å². The maximum Gasteiger partial charge on any atom is 0.219 e. The third kappa shape index (κ3) is 3.84. The molecule has 1 aliphatic heterocycles. The topological polar surface area (TPSA) is 95.9 Å². The fourth-order valence-corrected chi connectivity index (χ4v) is 6.84. The zero-order chi connectivity index (χ0) is 22.3. The van der Waals surface area contributed by atoms with Gasteiger partial charge in [0.1, 0.15) is 5.82 Å². The Kier molecular flexibility index (Phi) is 5.81. The van der Waals surface area contributed by atoms with Crippen molar-refractivity contribution < 1.29 is 4.79 Å². The second kappa shape index (κ2) is 8.26. The normalized spacial score (nSPS) is 20.6. The van der Waals surface area contributed by atoms with Crippen molar-refractivity contribution in [3.63, 3.8) is 0 Å².